The van der Waals surface area contributed by atoms with Crippen molar-refractivity contribution in [3.8, 4) is 0 Å². The lowest BCUT2D eigenvalue weighted by Gasteiger charge is -2.70. The average Bonchev–Trinajstić information content (AvgIpc) is 0.675. The average molecular weight is 1260 g/mol. The van der Waals surface area contributed by atoms with Crippen molar-refractivity contribution in [1.29, 1.82) is 0 Å². The van der Waals surface area contributed by atoms with Crippen LogP contribution < -0.4 is 16.0 Å². The van der Waals surface area contributed by atoms with Crippen molar-refractivity contribution in [3.05, 3.63) is 103 Å². The number of nitrogens with one attached hydrogen (secondary N) is 3. The zero-order valence-corrected chi connectivity index (χ0v) is 54.0. The molecule has 10 rings (SSSR count). The van der Waals surface area contributed by atoms with Gasteiger partial charge in [0.15, 0.2) is 67.2 Å². The fraction of sp³-hybridized carbons (Fsp3) is 0.586. The van der Waals surface area contributed by atoms with Crippen molar-refractivity contribution < 1.29 is 85.8 Å². The fourth-order valence-electron chi connectivity index (χ4n) is 17.2. The summed E-state index contributed by atoms with van der Waals surface area (Å²) in [6.45, 7) is 20.8. The zero-order valence-electron chi connectivity index (χ0n) is 54.0. The lowest BCUT2D eigenvalue weighted by molar-refractivity contribution is -0.370. The van der Waals surface area contributed by atoms with Crippen LogP contribution in [0.1, 0.15) is 141 Å². The first-order chi connectivity index (χ1) is 42.9. The first kappa shape index (κ1) is 66.6. The Hall–Kier alpha value is -7.33. The van der Waals surface area contributed by atoms with E-state index in [4.69, 9.17) is 42.6 Å². The maximum atomic E-state index is 15.7. The van der Waals surface area contributed by atoms with Crippen LogP contribution in [0.25, 0.3) is 0 Å². The maximum Gasteiger partial charge on any atom is 0.303 e. The molecule has 2 saturated heterocycles. The number of allylic oxidation sites excluding steroid dienone is 2. The number of rotatable bonds is 15. The van der Waals surface area contributed by atoms with Gasteiger partial charge in [-0.1, -0.05) is 109 Å². The number of para-hydroxylation sites is 3. The molecule has 6 fully saturated rings. The summed E-state index contributed by atoms with van der Waals surface area (Å²) in [5.41, 5.74) is -0.491. The van der Waals surface area contributed by atoms with Gasteiger partial charge in [0.1, 0.15) is 0 Å². The number of ketones is 1. The van der Waals surface area contributed by atoms with Crippen molar-refractivity contribution in [3.63, 3.8) is 0 Å². The van der Waals surface area contributed by atoms with E-state index in [1.54, 1.807) is 60.7 Å². The van der Waals surface area contributed by atoms with Crippen LogP contribution in [-0.4, -0.2) is 121 Å². The molecule has 0 spiro atoms. The van der Waals surface area contributed by atoms with Gasteiger partial charge in [-0.3, -0.25) is 43.2 Å². The van der Waals surface area contributed by atoms with Crippen LogP contribution in [0.3, 0.4) is 0 Å². The first-order valence-corrected chi connectivity index (χ1v) is 31.7. The zero-order chi connectivity index (χ0) is 65.8. The van der Waals surface area contributed by atoms with Gasteiger partial charge in [-0.15, -0.1) is 0 Å². The van der Waals surface area contributed by atoms with Gasteiger partial charge in [0.2, 0.25) is 5.91 Å². The molecule has 2 aliphatic heterocycles. The second kappa shape index (κ2) is 25.6. The van der Waals surface area contributed by atoms with Crippen molar-refractivity contribution in [2.24, 2.45) is 50.2 Å². The van der Waals surface area contributed by atoms with Gasteiger partial charge in [-0.2, -0.15) is 0 Å². The molecule has 2 heterocycles. The Balaban J connectivity index is 1.02. The number of ether oxygens (including phenoxy) is 9. The molecule has 3 aromatic carbocycles. The second-order valence-electron chi connectivity index (χ2n) is 28.1. The Labute approximate surface area is 531 Å². The highest BCUT2D eigenvalue weighted by Crippen LogP contribution is 2.75. The smallest absolute Gasteiger partial charge is 0.303 e. The summed E-state index contributed by atoms with van der Waals surface area (Å²) in [5, 5.41) is 8.72. The predicted molar refractivity (Wildman–Crippen MR) is 329 cm³/mol. The van der Waals surface area contributed by atoms with Crippen molar-refractivity contribution >= 4 is 70.4 Å². The number of carbonyl (C=O) groups is 9. The lowest BCUT2D eigenvalue weighted by atomic mass is 9.33. The number of amides is 3. The molecule has 490 valence electrons. The summed E-state index contributed by atoms with van der Waals surface area (Å²) in [4.78, 5) is 125. The Bertz CT molecular complexity index is 3320. The van der Waals surface area contributed by atoms with Crippen LogP contribution in [0.4, 0.5) is 17.1 Å². The summed E-state index contributed by atoms with van der Waals surface area (Å²) in [5.74, 6) is -6.94. The van der Waals surface area contributed by atoms with Crippen LogP contribution >= 0.6 is 0 Å². The molecule has 0 radical (unpaired) electrons. The van der Waals surface area contributed by atoms with E-state index in [9.17, 15) is 38.4 Å². The highest BCUT2D eigenvalue weighted by atomic mass is 16.8. The van der Waals surface area contributed by atoms with Crippen LogP contribution in [0.2, 0.25) is 0 Å². The number of benzene rings is 3. The van der Waals surface area contributed by atoms with E-state index in [1.807, 2.05) is 36.4 Å². The topological polar surface area (TPSA) is 273 Å². The first-order valence-electron chi connectivity index (χ1n) is 31.7. The van der Waals surface area contributed by atoms with E-state index in [1.165, 1.54) is 0 Å². The third-order valence-electron chi connectivity index (χ3n) is 21.8. The molecule has 21 nitrogen and oxygen atoms in total. The minimum atomic E-state index is -2.02. The summed E-state index contributed by atoms with van der Waals surface area (Å²) in [7, 11) is 0. The molecule has 19 atom stereocenters. The van der Waals surface area contributed by atoms with Crippen molar-refractivity contribution in [1.82, 2.24) is 0 Å². The molecule has 19 unspecified atom stereocenters. The fourth-order valence-corrected chi connectivity index (χ4v) is 17.2. The van der Waals surface area contributed by atoms with E-state index in [0.29, 0.717) is 43.5 Å². The molecule has 4 saturated carbocycles. The molecule has 3 aromatic rings. The minimum absolute atomic E-state index is 0.00311. The molecule has 7 aliphatic rings. The third kappa shape index (κ3) is 12.8. The number of fused-ring (bicyclic) bond motifs is 7. The highest BCUT2D eigenvalue weighted by Gasteiger charge is 2.71. The Kier molecular flexibility index (Phi) is 18.8. The van der Waals surface area contributed by atoms with Gasteiger partial charge in [-0.05, 0) is 139 Å². The number of carbonyl (C=O) groups excluding carboxylic acids is 9. The number of anilines is 3. The van der Waals surface area contributed by atoms with Gasteiger partial charge < -0.3 is 58.6 Å². The van der Waals surface area contributed by atoms with Gasteiger partial charge in [0.25, 0.3) is 11.8 Å². The SMILES string of the molecule is CC(=O)OC1C(OC2C(OC3CCC4(C)C(CCC5(C)C4C(=O)C=C4C6CC(C)(C(=O)Nc7ccccc7)CCC6(C)CCC45C)C3(C)C)OC(C(=O)Nc3ccccc3)C(OC(C)=O)C2OC(C)=O)OC(C(=O)Nc2ccccc2)C(OC(C)=O)C1OC(C)=O. The van der Waals surface area contributed by atoms with Crippen molar-refractivity contribution in [2.75, 3.05) is 16.0 Å². The van der Waals surface area contributed by atoms with E-state index in [-0.39, 0.29) is 34.4 Å². The van der Waals surface area contributed by atoms with Crippen LogP contribution in [0.15, 0.2) is 103 Å². The predicted octanol–water partition coefficient (Wildman–Crippen LogP) is 9.76. The molecule has 0 aromatic heterocycles. The van der Waals surface area contributed by atoms with Crippen LogP contribution in [0, 0.1) is 50.2 Å². The molecule has 21 heteroatoms. The van der Waals surface area contributed by atoms with E-state index < -0.39 is 137 Å². The molecule has 3 amide bonds. The van der Waals surface area contributed by atoms with Gasteiger partial charge in [-0.25, -0.2) is 0 Å². The maximum absolute atomic E-state index is 15.7. The Morgan fingerprint density at radius 2 is 0.923 bits per heavy atom. The molecular weight excluding hydrogens is 1170 g/mol. The summed E-state index contributed by atoms with van der Waals surface area (Å²) >= 11 is 0. The van der Waals surface area contributed by atoms with Crippen LogP contribution in [-0.2, 0) is 85.8 Å². The number of hydrogen-bond donors (Lipinski definition) is 3. The quantitative estimate of drug-likeness (QED) is 0.0725. The van der Waals surface area contributed by atoms with Crippen LogP contribution in [0.5, 0.6) is 0 Å². The molecule has 0 bridgehead atoms. The lowest BCUT2D eigenvalue weighted by Crippen LogP contribution is -2.69. The standard InChI is InChI=1S/C70H87N3O18/c1-38(74)83-51-53(85-40(3)76)57(87-42(5)78)63(90-56(51)61(81)72-44-24-18-14-19-25-44)91-58-54(86-41(4)77)52(84-39(2)75)55(60(80)71-43-22-16-13-17-23-43)89-62(58)88-50-29-30-68(10)49(65(50,6)7)28-31-70(12)59(68)48(79)36-46-47-37-67(9,64(82)73-45-26-20-15-21-27-45)33-32-66(47,8)34-35-69(46,70)11/h13-27,36,47,49-59,62-63H,28-35,37H2,1-12H3,(H,71,80)(H,72,81)(H,73,82). The summed E-state index contributed by atoms with van der Waals surface area (Å²) in [6.07, 6.45) is -10.8. The molecule has 5 aliphatic carbocycles. The Morgan fingerprint density at radius 3 is 1.42 bits per heavy atom. The summed E-state index contributed by atoms with van der Waals surface area (Å²) < 4.78 is 56.7. The van der Waals surface area contributed by atoms with Gasteiger partial charge >= 0.3 is 29.8 Å². The summed E-state index contributed by atoms with van der Waals surface area (Å²) in [6, 6.07) is 26.1. The monoisotopic (exact) mass is 1260 g/mol. The van der Waals surface area contributed by atoms with Crippen molar-refractivity contribution in [2.45, 2.75) is 208 Å². The largest absolute Gasteiger partial charge is 0.455 e. The van der Waals surface area contributed by atoms with Gasteiger partial charge in [0.05, 0.1) is 6.10 Å². The second-order valence-corrected chi connectivity index (χ2v) is 28.1. The number of hydrogen-bond acceptors (Lipinski definition) is 18. The molecule has 3 N–H and O–H groups in total. The van der Waals surface area contributed by atoms with E-state index >= 15 is 4.79 Å². The highest BCUT2D eigenvalue weighted by molar-refractivity contribution is 5.98. The Morgan fingerprint density at radius 1 is 0.484 bits per heavy atom. The van der Waals surface area contributed by atoms with Gasteiger partial charge in [0, 0.05) is 63.0 Å². The molecular formula is C70H87N3O18. The third-order valence-corrected chi connectivity index (χ3v) is 21.8. The minimum Gasteiger partial charge on any atom is -0.455 e. The van der Waals surface area contributed by atoms with E-state index in [2.05, 4.69) is 64.4 Å². The normalized spacial score (nSPS) is 37.1. The number of esters is 5. The molecule has 91 heavy (non-hydrogen) atoms. The van der Waals surface area contributed by atoms with E-state index in [0.717, 1.165) is 71.6 Å².